The highest BCUT2D eigenvalue weighted by Crippen LogP contribution is 2.37. The first-order valence-electron chi connectivity index (χ1n) is 7.72. The Morgan fingerprint density at radius 1 is 1.21 bits per heavy atom. The molecule has 1 atom stereocenters. The molecule has 2 aromatic rings. The smallest absolute Gasteiger partial charge is 0.243 e. The molecule has 0 saturated carbocycles. The minimum absolute atomic E-state index is 0.163. The molecule has 124 valence electrons. The number of ether oxygens (including phenoxy) is 1. The van der Waals surface area contributed by atoms with Crippen LogP contribution >= 0.6 is 0 Å². The maximum atomic E-state index is 13.0. The summed E-state index contributed by atoms with van der Waals surface area (Å²) in [5.41, 5.74) is 1.26. The normalized spacial score (nSPS) is 18.2. The molecule has 1 aliphatic heterocycles. The molecule has 1 fully saturated rings. The lowest BCUT2D eigenvalue weighted by Gasteiger charge is -2.24. The van der Waals surface area contributed by atoms with Crippen molar-refractivity contribution in [1.82, 2.24) is 4.31 Å². The summed E-state index contributed by atoms with van der Waals surface area (Å²) >= 11 is 0. The van der Waals surface area contributed by atoms with Gasteiger partial charge in [0.15, 0.2) is 0 Å². The Labute approximate surface area is 142 Å². The number of nitriles is 1. The Bertz CT molecular complexity index is 887. The van der Waals surface area contributed by atoms with Gasteiger partial charge in [0.2, 0.25) is 10.0 Å². The SMILES string of the molecule is COc1cccc([C@@H]2CCCN2S(=O)(=O)c2cccc(C#N)c2)c1. The molecule has 0 aromatic heterocycles. The van der Waals surface area contributed by atoms with Crippen molar-refractivity contribution in [3.8, 4) is 11.8 Å². The molecule has 0 spiro atoms. The molecule has 2 aromatic carbocycles. The average molecular weight is 342 g/mol. The fourth-order valence-corrected chi connectivity index (χ4v) is 4.80. The van der Waals surface area contributed by atoms with E-state index in [2.05, 4.69) is 0 Å². The van der Waals surface area contributed by atoms with E-state index in [1.54, 1.807) is 19.2 Å². The maximum absolute atomic E-state index is 13.0. The van der Waals surface area contributed by atoms with Crippen LogP contribution < -0.4 is 4.74 Å². The van der Waals surface area contributed by atoms with Crippen LogP contribution in [0.2, 0.25) is 0 Å². The van der Waals surface area contributed by atoms with E-state index in [1.165, 1.54) is 16.4 Å². The first-order chi connectivity index (χ1) is 11.6. The number of benzene rings is 2. The quantitative estimate of drug-likeness (QED) is 0.856. The summed E-state index contributed by atoms with van der Waals surface area (Å²) in [6.45, 7) is 0.473. The zero-order valence-electron chi connectivity index (χ0n) is 13.3. The van der Waals surface area contributed by atoms with E-state index >= 15 is 0 Å². The molecule has 0 amide bonds. The van der Waals surface area contributed by atoms with Gasteiger partial charge in [0.05, 0.1) is 29.7 Å². The van der Waals surface area contributed by atoms with Gasteiger partial charge >= 0.3 is 0 Å². The molecule has 6 heteroatoms. The Morgan fingerprint density at radius 3 is 2.75 bits per heavy atom. The highest BCUT2D eigenvalue weighted by atomic mass is 32.2. The predicted octanol–water partition coefficient (Wildman–Crippen LogP) is 3.09. The third-order valence-corrected chi connectivity index (χ3v) is 6.16. The van der Waals surface area contributed by atoms with Gasteiger partial charge < -0.3 is 4.74 Å². The van der Waals surface area contributed by atoms with Gasteiger partial charge in [0.25, 0.3) is 0 Å². The Hall–Kier alpha value is -2.36. The molecule has 1 heterocycles. The van der Waals surface area contributed by atoms with E-state index in [1.807, 2.05) is 30.3 Å². The first kappa shape index (κ1) is 16.5. The number of sulfonamides is 1. The highest BCUT2D eigenvalue weighted by molar-refractivity contribution is 7.89. The Kier molecular flexibility index (Phi) is 4.56. The van der Waals surface area contributed by atoms with E-state index in [-0.39, 0.29) is 10.9 Å². The van der Waals surface area contributed by atoms with Crippen LogP contribution in [0.3, 0.4) is 0 Å². The Balaban J connectivity index is 1.98. The molecule has 0 N–H and O–H groups in total. The predicted molar refractivity (Wildman–Crippen MR) is 90.0 cm³/mol. The third kappa shape index (κ3) is 3.01. The number of hydrogen-bond donors (Lipinski definition) is 0. The third-order valence-electron chi connectivity index (χ3n) is 4.25. The summed E-state index contributed by atoms with van der Waals surface area (Å²) in [4.78, 5) is 0.163. The largest absolute Gasteiger partial charge is 0.497 e. The maximum Gasteiger partial charge on any atom is 0.243 e. The lowest BCUT2D eigenvalue weighted by atomic mass is 10.1. The van der Waals surface area contributed by atoms with Crippen LogP contribution in [0.1, 0.15) is 30.0 Å². The summed E-state index contributed by atoms with van der Waals surface area (Å²) in [6.07, 6.45) is 1.57. The minimum Gasteiger partial charge on any atom is -0.497 e. The van der Waals surface area contributed by atoms with Crippen LogP contribution in [0.4, 0.5) is 0 Å². The monoisotopic (exact) mass is 342 g/mol. The van der Waals surface area contributed by atoms with Gasteiger partial charge in [-0.3, -0.25) is 0 Å². The standard InChI is InChI=1S/C18H18N2O3S/c1-23-16-7-3-6-15(12-16)18-9-4-10-20(18)24(21,22)17-8-2-5-14(11-17)13-19/h2-3,5-8,11-12,18H,4,9-10H2,1H3/t18-/m0/s1. The fraction of sp³-hybridized carbons (Fsp3) is 0.278. The second-order valence-electron chi connectivity index (χ2n) is 5.69. The number of methoxy groups -OCH3 is 1. The van der Waals surface area contributed by atoms with Gasteiger partial charge in [-0.1, -0.05) is 18.2 Å². The molecular weight excluding hydrogens is 324 g/mol. The van der Waals surface area contributed by atoms with E-state index in [4.69, 9.17) is 10.00 Å². The minimum atomic E-state index is -3.65. The van der Waals surface area contributed by atoms with E-state index in [9.17, 15) is 8.42 Å². The first-order valence-corrected chi connectivity index (χ1v) is 9.16. The summed E-state index contributed by atoms with van der Waals surface area (Å²) in [7, 11) is -2.05. The summed E-state index contributed by atoms with van der Waals surface area (Å²) in [5, 5.41) is 9.01. The molecule has 1 saturated heterocycles. The van der Waals surface area contributed by atoms with Gasteiger partial charge in [-0.15, -0.1) is 0 Å². The van der Waals surface area contributed by atoms with Crippen molar-refractivity contribution in [3.63, 3.8) is 0 Å². The number of rotatable bonds is 4. The number of nitrogens with zero attached hydrogens (tertiary/aromatic N) is 2. The van der Waals surface area contributed by atoms with Crippen molar-refractivity contribution >= 4 is 10.0 Å². The van der Waals surface area contributed by atoms with Gasteiger partial charge in [0.1, 0.15) is 5.75 Å². The van der Waals surface area contributed by atoms with Crippen molar-refractivity contribution in [2.75, 3.05) is 13.7 Å². The zero-order valence-corrected chi connectivity index (χ0v) is 14.2. The molecule has 0 aliphatic carbocycles. The molecule has 0 bridgehead atoms. The van der Waals surface area contributed by atoms with E-state index in [0.717, 1.165) is 18.4 Å². The van der Waals surface area contributed by atoms with Crippen molar-refractivity contribution in [2.45, 2.75) is 23.8 Å². The van der Waals surface area contributed by atoms with Crippen molar-refractivity contribution in [2.24, 2.45) is 0 Å². The van der Waals surface area contributed by atoms with Crippen LogP contribution in [0.5, 0.6) is 5.75 Å². The summed E-state index contributed by atoms with van der Waals surface area (Å²) < 4.78 is 32.8. The van der Waals surface area contributed by atoms with Gasteiger partial charge in [-0.05, 0) is 48.7 Å². The van der Waals surface area contributed by atoms with Gasteiger partial charge in [-0.2, -0.15) is 9.57 Å². The molecule has 1 aliphatic rings. The molecular formula is C18H18N2O3S. The average Bonchev–Trinajstić information content (AvgIpc) is 3.12. The second-order valence-corrected chi connectivity index (χ2v) is 7.58. The van der Waals surface area contributed by atoms with Gasteiger partial charge in [0, 0.05) is 6.54 Å². The molecule has 3 rings (SSSR count). The van der Waals surface area contributed by atoms with E-state index in [0.29, 0.717) is 17.9 Å². The lowest BCUT2D eigenvalue weighted by Crippen LogP contribution is -2.30. The highest BCUT2D eigenvalue weighted by Gasteiger charge is 2.36. The Morgan fingerprint density at radius 2 is 2.00 bits per heavy atom. The molecule has 0 unspecified atom stereocenters. The van der Waals surface area contributed by atoms with Crippen molar-refractivity contribution in [3.05, 3.63) is 59.7 Å². The topological polar surface area (TPSA) is 70.4 Å². The van der Waals surface area contributed by atoms with Crippen LogP contribution in [-0.4, -0.2) is 26.4 Å². The molecule has 0 radical (unpaired) electrons. The van der Waals surface area contributed by atoms with E-state index < -0.39 is 10.0 Å². The van der Waals surface area contributed by atoms with Crippen LogP contribution in [0, 0.1) is 11.3 Å². The molecule has 5 nitrogen and oxygen atoms in total. The van der Waals surface area contributed by atoms with Crippen molar-refractivity contribution in [1.29, 1.82) is 5.26 Å². The van der Waals surface area contributed by atoms with Crippen LogP contribution in [0.25, 0.3) is 0 Å². The molecule has 24 heavy (non-hydrogen) atoms. The fourth-order valence-electron chi connectivity index (χ4n) is 3.07. The second kappa shape index (κ2) is 6.63. The zero-order chi connectivity index (χ0) is 17.2. The lowest BCUT2D eigenvalue weighted by molar-refractivity contribution is 0.390. The van der Waals surface area contributed by atoms with Crippen LogP contribution in [0.15, 0.2) is 53.4 Å². The summed E-state index contributed by atoms with van der Waals surface area (Å²) in [5.74, 6) is 0.711. The van der Waals surface area contributed by atoms with Crippen molar-refractivity contribution < 1.29 is 13.2 Å². The summed E-state index contributed by atoms with van der Waals surface area (Å²) in [6, 6.07) is 15.5. The van der Waals surface area contributed by atoms with Crippen LogP contribution in [-0.2, 0) is 10.0 Å². The van der Waals surface area contributed by atoms with Gasteiger partial charge in [-0.25, -0.2) is 8.42 Å². The number of hydrogen-bond acceptors (Lipinski definition) is 4.